The fraction of sp³-hybridized carbons (Fsp3) is 0.835. The second kappa shape index (κ2) is 73.2. The Balaban J connectivity index is 3.41. The number of ether oxygens (including phenoxy) is 16. The molecule has 1 aliphatic rings. The molecular formula is C85H156N14O30S5. The first-order chi connectivity index (χ1) is 63.5. The van der Waals surface area contributed by atoms with E-state index in [1.165, 1.54) is 0 Å². The number of nitrogens with one attached hydrogen (secondary N) is 14. The predicted octanol–water partition coefficient (Wildman–Crippen LogP) is -1.72. The molecule has 1 fully saturated rings. The second-order valence-electron chi connectivity index (χ2n) is 34.2. The van der Waals surface area contributed by atoms with E-state index in [1.807, 2.05) is 41.5 Å². The van der Waals surface area contributed by atoms with Crippen molar-refractivity contribution < 1.29 is 143 Å². The summed E-state index contributed by atoms with van der Waals surface area (Å²) in [5.41, 5.74) is -2.10. The number of ketones is 2. The van der Waals surface area contributed by atoms with Crippen LogP contribution in [0.3, 0.4) is 0 Å². The van der Waals surface area contributed by atoms with Gasteiger partial charge in [0.25, 0.3) is 0 Å². The molecule has 44 nitrogen and oxygen atoms in total. The van der Waals surface area contributed by atoms with Crippen LogP contribution in [-0.2, 0) is 143 Å². The van der Waals surface area contributed by atoms with Gasteiger partial charge >= 0.3 is 12.3 Å². The van der Waals surface area contributed by atoms with Gasteiger partial charge in [0.05, 0.1) is 183 Å². The van der Waals surface area contributed by atoms with Gasteiger partial charge in [-0.2, -0.15) is 63.1 Å². The van der Waals surface area contributed by atoms with Gasteiger partial charge in [0.15, 0.2) is 11.6 Å². The molecule has 0 saturated carbocycles. The van der Waals surface area contributed by atoms with Crippen LogP contribution in [0.25, 0.3) is 0 Å². The molecule has 1 saturated heterocycles. The fourth-order valence-electron chi connectivity index (χ4n) is 11.4. The second-order valence-corrected chi connectivity index (χ2v) is 36.0. The number of hydrogen-bond acceptors (Lipinski definition) is 37. The summed E-state index contributed by atoms with van der Waals surface area (Å²) in [6.07, 6.45) is -6.01. The first-order valence-electron chi connectivity index (χ1n) is 45.3. The van der Waals surface area contributed by atoms with Crippen molar-refractivity contribution in [3.63, 3.8) is 0 Å². The normalized spacial score (nSPS) is 20.1. The number of carbonyl (C=O) groups excluding carboxylic acids is 14. The average molecular weight is 2010 g/mol. The maximum atomic E-state index is 13.3. The lowest BCUT2D eigenvalue weighted by molar-refractivity contribution is -0.502. The van der Waals surface area contributed by atoms with Crippen molar-refractivity contribution in [3.05, 3.63) is 0 Å². The topological polar surface area (TPSA) is 555 Å². The molecule has 776 valence electrons. The lowest BCUT2D eigenvalue weighted by atomic mass is 9.85. The highest BCUT2D eigenvalue weighted by molar-refractivity contribution is 7.81. The standard InChI is InChI=1S/C85H156N14O30S5/c1-14-60(74(108)80(2,3)4)94-70(104)19-15-66(100)86-23-31-114-39-47-122-84(123-48-40-115-32-24-87-67(101)16-20-71(105)95-61(55-130)75(109)81(5,6)7)124-49-41-116-33-25-88-68(102)17-21-72(106)96-62(56-131)76(110)90-27-35-118-43-51-126-85(128-53-45-120-37-29-92-78(112)64(58-133)98-82(8,9)10,129-54-46-121-38-30-93-79(113)65(59-134)99-83(11,12)13)127-52-44-119-36-28-91-77(111)63(57-132)97-73(107)22-18-69(103)89-26-34-117-42-50-125-84/h60-65,98-99,130-134H,14-59H2,1-13H3,(H,86,100)(H,87,101)(H,88,102)(H,89,103)(H,90,110)(H,91,111)(H,92,112)(H,93,113)(H,94,104)(H,95,105)(H,96,106)(H,97,107). The van der Waals surface area contributed by atoms with Gasteiger partial charge in [-0.1, -0.05) is 48.5 Å². The highest BCUT2D eigenvalue weighted by atomic mass is 32.1. The lowest BCUT2D eigenvalue weighted by Gasteiger charge is -2.32. The summed E-state index contributed by atoms with van der Waals surface area (Å²) in [5.74, 6) is -5.76. The van der Waals surface area contributed by atoms with Crippen LogP contribution in [0.4, 0.5) is 0 Å². The van der Waals surface area contributed by atoms with Crippen LogP contribution in [-0.4, -0.2) is 382 Å². The van der Waals surface area contributed by atoms with E-state index in [2.05, 4.69) is 138 Å². The molecule has 0 aliphatic carbocycles. The average Bonchev–Trinajstić information content (AvgIpc) is 0.877. The number of hydrogen-bond donors (Lipinski definition) is 19. The molecule has 1 heterocycles. The molecule has 1 rings (SSSR count). The van der Waals surface area contributed by atoms with Crippen LogP contribution in [0, 0.1) is 10.8 Å². The van der Waals surface area contributed by atoms with Gasteiger partial charge < -0.3 is 150 Å². The maximum absolute atomic E-state index is 13.3. The summed E-state index contributed by atoms with van der Waals surface area (Å²) in [6, 6.07) is -4.85. The molecule has 0 radical (unpaired) electrons. The first-order valence-corrected chi connectivity index (χ1v) is 48.4. The molecule has 1 aliphatic heterocycles. The van der Waals surface area contributed by atoms with Crippen LogP contribution in [0.15, 0.2) is 0 Å². The van der Waals surface area contributed by atoms with E-state index in [-0.39, 0.29) is 326 Å². The molecule has 49 heteroatoms. The molecule has 0 aromatic rings. The van der Waals surface area contributed by atoms with E-state index in [9.17, 15) is 67.1 Å². The van der Waals surface area contributed by atoms with Gasteiger partial charge in [0, 0.05) is 154 Å². The molecule has 12 amide bonds. The van der Waals surface area contributed by atoms with E-state index in [0.29, 0.717) is 6.42 Å². The number of rotatable bonds is 48. The minimum absolute atomic E-state index is 0.00681. The Labute approximate surface area is 816 Å². The molecule has 0 spiro atoms. The number of thiol groups is 5. The summed E-state index contributed by atoms with van der Waals surface area (Å²) in [7, 11) is 0. The van der Waals surface area contributed by atoms with Crippen molar-refractivity contribution in [3.8, 4) is 0 Å². The summed E-state index contributed by atoms with van der Waals surface area (Å²) in [5, 5.41) is 38.7. The van der Waals surface area contributed by atoms with Crippen molar-refractivity contribution >= 4 is 146 Å². The number of carbonyl (C=O) groups is 14. The Morgan fingerprint density at radius 1 is 0.358 bits per heavy atom. The Morgan fingerprint density at radius 2 is 0.642 bits per heavy atom. The van der Waals surface area contributed by atoms with Gasteiger partial charge in [-0.25, -0.2) is 0 Å². The summed E-state index contributed by atoms with van der Waals surface area (Å²) in [6.45, 7) is 21.3. The molecule has 14 N–H and O–H groups in total. The fourth-order valence-corrected chi connectivity index (χ4v) is 12.7. The molecule has 134 heavy (non-hydrogen) atoms. The van der Waals surface area contributed by atoms with Gasteiger partial charge in [0.2, 0.25) is 70.9 Å². The molecule has 0 bridgehead atoms. The van der Waals surface area contributed by atoms with Crippen molar-refractivity contribution in [1.82, 2.24) is 74.4 Å². The van der Waals surface area contributed by atoms with Gasteiger partial charge in [-0.3, -0.25) is 67.1 Å². The van der Waals surface area contributed by atoms with E-state index in [0.717, 1.165) is 0 Å². The quantitative estimate of drug-likeness (QED) is 0.0183. The predicted molar refractivity (Wildman–Crippen MR) is 510 cm³/mol. The smallest absolute Gasteiger partial charge is 0.377 e. The Hall–Kier alpha value is -5.99. The highest BCUT2D eigenvalue weighted by Crippen LogP contribution is 2.23. The zero-order valence-electron chi connectivity index (χ0n) is 80.5. The molecule has 0 aromatic carbocycles. The largest absolute Gasteiger partial charge is 0.413 e. The third-order valence-electron chi connectivity index (χ3n) is 18.1. The Bertz CT molecular complexity index is 3190. The van der Waals surface area contributed by atoms with Crippen LogP contribution in [0.2, 0.25) is 0 Å². The van der Waals surface area contributed by atoms with E-state index >= 15 is 0 Å². The van der Waals surface area contributed by atoms with E-state index in [4.69, 9.17) is 75.8 Å². The van der Waals surface area contributed by atoms with Crippen molar-refractivity contribution in [2.75, 3.05) is 240 Å². The lowest BCUT2D eigenvalue weighted by Crippen LogP contribution is -2.53. The molecule has 0 aromatic heterocycles. The first kappa shape index (κ1) is 126. The summed E-state index contributed by atoms with van der Waals surface area (Å²) >= 11 is 21.4. The third kappa shape index (κ3) is 63.6. The van der Waals surface area contributed by atoms with Crippen LogP contribution < -0.4 is 74.4 Å². The minimum Gasteiger partial charge on any atom is -0.377 e. The summed E-state index contributed by atoms with van der Waals surface area (Å²) < 4.78 is 95.1. The van der Waals surface area contributed by atoms with Crippen LogP contribution >= 0.6 is 63.1 Å². The third-order valence-corrected chi connectivity index (χ3v) is 19.9. The summed E-state index contributed by atoms with van der Waals surface area (Å²) in [4.78, 5) is 181. The zero-order chi connectivity index (χ0) is 100. The maximum Gasteiger partial charge on any atom is 0.413 e. The van der Waals surface area contributed by atoms with Crippen molar-refractivity contribution in [1.29, 1.82) is 0 Å². The Kier molecular flexibility index (Phi) is 68.8. The van der Waals surface area contributed by atoms with E-state index in [1.54, 1.807) is 48.5 Å². The molecule has 6 unspecified atom stereocenters. The molecular weight excluding hydrogens is 1860 g/mol. The van der Waals surface area contributed by atoms with Gasteiger partial charge in [0.1, 0.15) is 12.1 Å². The van der Waals surface area contributed by atoms with Crippen molar-refractivity contribution in [2.45, 2.75) is 207 Å². The zero-order valence-corrected chi connectivity index (χ0v) is 84.9. The van der Waals surface area contributed by atoms with Crippen molar-refractivity contribution in [2.24, 2.45) is 10.8 Å². The number of Topliss-reactive ketones (excluding diaryl/α,β-unsaturated/α-hetero) is 2. The molecule has 6 atom stereocenters. The monoisotopic (exact) mass is 2010 g/mol. The SMILES string of the molecule is CCC(NC(=O)CCC(=O)NCCOCCOC1(OCCOCCNC(=O)CCC(=O)NC(CS)C(=O)C(C)(C)C)OCCOCCNC(=O)CCC(=O)NC(CS)C(=O)NCCOCCOC(OCCOCCNC(=O)C(CS)NC(C)(C)C)(OCCOCCNC(=O)C(CS)NC(C)(C)C)OCCOCCNC(=O)C(CS)NC(=O)CCC(=O)NCCOCCO1)C(=O)C(C)(C)C. The van der Waals surface area contributed by atoms with Gasteiger partial charge in [-0.15, -0.1) is 0 Å². The van der Waals surface area contributed by atoms with Gasteiger partial charge in [-0.05, 0) is 48.0 Å². The van der Waals surface area contributed by atoms with Crippen LogP contribution in [0.5, 0.6) is 0 Å². The Morgan fingerprint density at radius 3 is 0.933 bits per heavy atom. The minimum atomic E-state index is -2.33. The van der Waals surface area contributed by atoms with Crippen LogP contribution in [0.1, 0.15) is 148 Å². The highest BCUT2D eigenvalue weighted by Gasteiger charge is 2.39. The number of amides is 12. The van der Waals surface area contributed by atoms with E-state index < -0.39 is 118 Å².